The van der Waals surface area contributed by atoms with E-state index in [1.165, 1.54) is 7.11 Å². The molecular formula is C11H24O6P2. The Kier molecular flexibility index (Phi) is 5.11. The van der Waals surface area contributed by atoms with Crippen LogP contribution < -0.4 is 0 Å². The summed E-state index contributed by atoms with van der Waals surface area (Å²) < 4.78 is 46.8. The van der Waals surface area contributed by atoms with Crippen LogP contribution in [0.4, 0.5) is 0 Å². The lowest BCUT2D eigenvalue weighted by Crippen LogP contribution is -2.28. The summed E-state index contributed by atoms with van der Waals surface area (Å²) in [5.74, 6) is 0. The maximum absolute atomic E-state index is 12.9. The molecule has 2 atom stereocenters. The van der Waals surface area contributed by atoms with Gasteiger partial charge in [-0.25, -0.2) is 0 Å². The highest BCUT2D eigenvalue weighted by Crippen LogP contribution is 2.78. The van der Waals surface area contributed by atoms with E-state index in [2.05, 4.69) is 0 Å². The Labute approximate surface area is 115 Å². The first kappa shape index (κ1) is 17.4. The molecule has 0 N–H and O–H groups in total. The summed E-state index contributed by atoms with van der Waals surface area (Å²) in [6, 6.07) is 0. The molecular weight excluding hydrogens is 290 g/mol. The zero-order valence-electron chi connectivity index (χ0n) is 12.5. The normalized spacial score (nSPS) is 34.6. The molecule has 0 aliphatic carbocycles. The fraction of sp³-hybridized carbons (Fsp3) is 1.00. The standard InChI is InChI=1S/C11H24O6P2/c1-7-15-19(13,16-8-2)11(5)9-10(3,4)18(12,14-6)17-11/h7-9H2,1-6H3. The third kappa shape index (κ3) is 2.85. The van der Waals surface area contributed by atoms with E-state index >= 15 is 0 Å². The van der Waals surface area contributed by atoms with Crippen molar-refractivity contribution in [2.45, 2.75) is 51.5 Å². The second kappa shape index (κ2) is 5.59. The van der Waals surface area contributed by atoms with Crippen molar-refractivity contribution in [1.29, 1.82) is 0 Å². The average molecular weight is 314 g/mol. The fourth-order valence-corrected chi connectivity index (χ4v) is 7.03. The Morgan fingerprint density at radius 2 is 1.68 bits per heavy atom. The summed E-state index contributed by atoms with van der Waals surface area (Å²) in [5, 5.41) is -1.99. The molecule has 0 radical (unpaired) electrons. The Bertz CT molecular complexity index is 411. The molecule has 0 saturated carbocycles. The van der Waals surface area contributed by atoms with Crippen LogP contribution >= 0.6 is 15.2 Å². The van der Waals surface area contributed by atoms with Crippen LogP contribution in [0.25, 0.3) is 0 Å². The lowest BCUT2D eigenvalue weighted by atomic mass is 10.1. The van der Waals surface area contributed by atoms with Crippen molar-refractivity contribution in [2.24, 2.45) is 0 Å². The molecule has 0 aromatic carbocycles. The quantitative estimate of drug-likeness (QED) is 0.690. The van der Waals surface area contributed by atoms with Crippen molar-refractivity contribution in [3.8, 4) is 0 Å². The van der Waals surface area contributed by atoms with Gasteiger partial charge in [-0.3, -0.25) is 13.7 Å². The van der Waals surface area contributed by atoms with Crippen LogP contribution in [0, 0.1) is 0 Å². The van der Waals surface area contributed by atoms with Crippen LogP contribution in [0.5, 0.6) is 0 Å². The smallest absolute Gasteiger partial charge is 0.312 e. The Morgan fingerprint density at radius 3 is 2.00 bits per heavy atom. The van der Waals surface area contributed by atoms with E-state index < -0.39 is 25.7 Å². The van der Waals surface area contributed by atoms with Crippen molar-refractivity contribution in [3.05, 3.63) is 0 Å². The molecule has 2 unspecified atom stereocenters. The van der Waals surface area contributed by atoms with Crippen molar-refractivity contribution in [2.75, 3.05) is 20.3 Å². The van der Waals surface area contributed by atoms with Gasteiger partial charge in [0.05, 0.1) is 18.4 Å². The van der Waals surface area contributed by atoms with Gasteiger partial charge in [0, 0.05) is 13.5 Å². The van der Waals surface area contributed by atoms with Crippen molar-refractivity contribution < 1.29 is 27.2 Å². The molecule has 0 bridgehead atoms. The Balaban J connectivity index is 3.19. The summed E-state index contributed by atoms with van der Waals surface area (Å²) >= 11 is 0. The summed E-state index contributed by atoms with van der Waals surface area (Å²) in [6.07, 6.45) is 0.280. The number of rotatable bonds is 6. The van der Waals surface area contributed by atoms with Crippen LogP contribution in [0.1, 0.15) is 41.0 Å². The molecule has 1 rings (SSSR count). The summed E-state index contributed by atoms with van der Waals surface area (Å²) in [5.41, 5.74) is 0. The molecule has 1 saturated heterocycles. The monoisotopic (exact) mass is 314 g/mol. The van der Waals surface area contributed by atoms with Gasteiger partial charge >= 0.3 is 15.2 Å². The minimum atomic E-state index is -3.53. The second-order valence-corrected chi connectivity index (χ2v) is 10.5. The topological polar surface area (TPSA) is 71.1 Å². The van der Waals surface area contributed by atoms with Crippen molar-refractivity contribution in [1.82, 2.24) is 0 Å². The molecule has 0 aromatic heterocycles. The van der Waals surface area contributed by atoms with E-state index in [0.29, 0.717) is 0 Å². The molecule has 6 nitrogen and oxygen atoms in total. The summed E-state index contributed by atoms with van der Waals surface area (Å²) in [7, 11) is -5.54. The van der Waals surface area contributed by atoms with Crippen LogP contribution in [-0.4, -0.2) is 30.8 Å². The van der Waals surface area contributed by atoms with Crippen LogP contribution in [0.15, 0.2) is 0 Å². The van der Waals surface area contributed by atoms with Crippen LogP contribution in [-0.2, 0) is 27.2 Å². The molecule has 8 heteroatoms. The molecule has 0 amide bonds. The first-order valence-corrected chi connectivity index (χ1v) is 9.44. The van der Waals surface area contributed by atoms with E-state index in [9.17, 15) is 9.13 Å². The van der Waals surface area contributed by atoms with Crippen LogP contribution in [0.3, 0.4) is 0 Å². The van der Waals surface area contributed by atoms with Gasteiger partial charge in [-0.2, -0.15) is 0 Å². The summed E-state index contributed by atoms with van der Waals surface area (Å²) in [6.45, 7) is 9.06. The van der Waals surface area contributed by atoms with E-state index in [-0.39, 0.29) is 19.6 Å². The van der Waals surface area contributed by atoms with Gasteiger partial charge in [0.25, 0.3) is 0 Å². The predicted octanol–water partition coefficient (Wildman–Crippen LogP) is 4.01. The third-order valence-corrected chi connectivity index (χ3v) is 8.75. The molecule has 1 aliphatic rings. The number of hydrogen-bond acceptors (Lipinski definition) is 6. The molecule has 19 heavy (non-hydrogen) atoms. The van der Waals surface area contributed by atoms with Gasteiger partial charge in [0.2, 0.25) is 0 Å². The molecule has 114 valence electrons. The third-order valence-electron chi connectivity index (χ3n) is 3.24. The molecule has 1 heterocycles. The van der Waals surface area contributed by atoms with Crippen molar-refractivity contribution >= 4 is 15.2 Å². The van der Waals surface area contributed by atoms with Crippen molar-refractivity contribution in [3.63, 3.8) is 0 Å². The summed E-state index contributed by atoms with van der Waals surface area (Å²) in [4.78, 5) is 0. The number of hydrogen-bond donors (Lipinski definition) is 0. The minimum Gasteiger partial charge on any atom is -0.312 e. The molecule has 0 aromatic rings. The van der Waals surface area contributed by atoms with E-state index in [4.69, 9.17) is 18.1 Å². The van der Waals surface area contributed by atoms with E-state index in [1.54, 1.807) is 34.6 Å². The molecule has 0 spiro atoms. The maximum atomic E-state index is 12.9. The lowest BCUT2D eigenvalue weighted by molar-refractivity contribution is 0.104. The fourth-order valence-electron chi connectivity index (χ4n) is 2.40. The minimum absolute atomic E-state index is 0.230. The molecule has 1 aliphatic heterocycles. The van der Waals surface area contributed by atoms with Gasteiger partial charge in [-0.05, 0) is 34.6 Å². The first-order valence-electron chi connectivity index (χ1n) is 6.35. The van der Waals surface area contributed by atoms with Gasteiger partial charge in [-0.15, -0.1) is 0 Å². The first-order chi connectivity index (χ1) is 8.60. The molecule has 1 fully saturated rings. The van der Waals surface area contributed by atoms with Gasteiger partial charge in [0.1, 0.15) is 0 Å². The average Bonchev–Trinajstić information content (AvgIpc) is 2.47. The largest absolute Gasteiger partial charge is 0.362 e. The Morgan fingerprint density at radius 1 is 1.21 bits per heavy atom. The zero-order chi connectivity index (χ0) is 14.9. The lowest BCUT2D eigenvalue weighted by Gasteiger charge is -2.31. The van der Waals surface area contributed by atoms with E-state index in [1.807, 2.05) is 0 Å². The predicted molar refractivity (Wildman–Crippen MR) is 73.7 cm³/mol. The van der Waals surface area contributed by atoms with Gasteiger partial charge in [-0.1, -0.05) is 0 Å². The zero-order valence-corrected chi connectivity index (χ0v) is 14.3. The SMILES string of the molecule is CCOP(=O)(OCC)C1(C)CC(C)(C)P(=O)(OC)O1. The van der Waals surface area contributed by atoms with Crippen LogP contribution in [0.2, 0.25) is 0 Å². The Hall–Kier alpha value is 0.300. The second-order valence-electron chi connectivity index (χ2n) is 5.27. The van der Waals surface area contributed by atoms with Gasteiger partial charge < -0.3 is 13.6 Å². The highest BCUT2D eigenvalue weighted by Gasteiger charge is 2.65. The maximum Gasteiger partial charge on any atom is 0.362 e. The van der Waals surface area contributed by atoms with E-state index in [0.717, 1.165) is 0 Å². The van der Waals surface area contributed by atoms with Gasteiger partial charge in [0.15, 0.2) is 5.34 Å². The highest BCUT2D eigenvalue weighted by atomic mass is 31.2. The highest BCUT2D eigenvalue weighted by molar-refractivity contribution is 7.60.